The van der Waals surface area contributed by atoms with Gasteiger partial charge in [0.25, 0.3) is 5.91 Å². The minimum atomic E-state index is -0.312. The zero-order valence-corrected chi connectivity index (χ0v) is 14.6. The van der Waals surface area contributed by atoms with E-state index in [1.165, 1.54) is 22.3 Å². The lowest BCUT2D eigenvalue weighted by atomic mass is 9.84. The number of likely N-dealkylation sites (N-methyl/N-ethyl adjacent to an activating group) is 1. The molecular weight excluding hydrogens is 304 g/mol. The average Bonchev–Trinajstić information content (AvgIpc) is 3.06. The molecule has 1 heterocycles. The highest BCUT2D eigenvalue weighted by atomic mass is 16.3. The molecular formula is C19H24N2O3. The third-order valence-electron chi connectivity index (χ3n) is 3.99. The molecule has 2 rings (SSSR count). The number of benzene rings is 1. The second-order valence-corrected chi connectivity index (χ2v) is 6.67. The van der Waals surface area contributed by atoms with Gasteiger partial charge in [0, 0.05) is 19.0 Å². The highest BCUT2D eigenvalue weighted by Gasteiger charge is 2.23. The molecule has 0 saturated heterocycles. The maximum absolute atomic E-state index is 12.1. The number of nitrogens with one attached hydrogen (secondary N) is 1. The summed E-state index contributed by atoms with van der Waals surface area (Å²) in [4.78, 5) is 25.5. The molecule has 2 amide bonds. The third kappa shape index (κ3) is 4.47. The van der Waals surface area contributed by atoms with E-state index in [0.717, 1.165) is 0 Å². The topological polar surface area (TPSA) is 62.6 Å². The fourth-order valence-electron chi connectivity index (χ4n) is 2.42. The zero-order valence-electron chi connectivity index (χ0n) is 14.6. The Balaban J connectivity index is 1.89. The van der Waals surface area contributed by atoms with Gasteiger partial charge in [-0.05, 0) is 24.6 Å². The second-order valence-electron chi connectivity index (χ2n) is 6.67. The highest BCUT2D eigenvalue weighted by Crippen LogP contribution is 2.23. The monoisotopic (exact) mass is 328 g/mol. The van der Waals surface area contributed by atoms with Gasteiger partial charge in [-0.3, -0.25) is 9.59 Å². The first-order valence-electron chi connectivity index (χ1n) is 7.92. The van der Waals surface area contributed by atoms with Crippen molar-refractivity contribution in [3.63, 3.8) is 0 Å². The fraction of sp³-hybridized carbons (Fsp3) is 0.368. The van der Waals surface area contributed by atoms with Gasteiger partial charge < -0.3 is 14.6 Å². The number of hydrogen-bond donors (Lipinski definition) is 1. The molecule has 0 aliphatic carbocycles. The van der Waals surface area contributed by atoms with Gasteiger partial charge in [0.15, 0.2) is 5.76 Å². The number of carbonyl (C=O) groups excluding carboxylic acids is 2. The minimum absolute atomic E-state index is 0.0105. The first-order valence-corrected chi connectivity index (χ1v) is 7.92. The highest BCUT2D eigenvalue weighted by molar-refractivity contribution is 5.94. The van der Waals surface area contributed by atoms with Crippen LogP contribution < -0.4 is 5.32 Å². The summed E-state index contributed by atoms with van der Waals surface area (Å²) >= 11 is 0. The Labute approximate surface area is 142 Å². The number of hydrogen-bond acceptors (Lipinski definition) is 3. The summed E-state index contributed by atoms with van der Waals surface area (Å²) in [5.41, 5.74) is 2.17. The van der Waals surface area contributed by atoms with E-state index in [1.54, 1.807) is 19.2 Å². The first-order chi connectivity index (χ1) is 11.3. The molecule has 0 unspecified atom stereocenters. The molecule has 5 heteroatoms. The van der Waals surface area contributed by atoms with Crippen molar-refractivity contribution in [2.24, 2.45) is 0 Å². The molecule has 0 aliphatic heterocycles. The normalized spacial score (nSPS) is 11.2. The van der Waals surface area contributed by atoms with E-state index in [-0.39, 0.29) is 29.5 Å². The Morgan fingerprint density at radius 1 is 1.21 bits per heavy atom. The lowest BCUT2D eigenvalue weighted by Gasteiger charge is -2.26. The van der Waals surface area contributed by atoms with Crippen LogP contribution in [0.1, 0.15) is 35.5 Å². The lowest BCUT2D eigenvalue weighted by Crippen LogP contribution is -2.42. The van der Waals surface area contributed by atoms with E-state index in [0.29, 0.717) is 6.54 Å². The van der Waals surface area contributed by atoms with E-state index < -0.39 is 0 Å². The van der Waals surface area contributed by atoms with E-state index in [4.69, 9.17) is 4.42 Å². The van der Waals surface area contributed by atoms with Gasteiger partial charge in [0.05, 0.1) is 12.8 Å². The molecule has 0 bridgehead atoms. The van der Waals surface area contributed by atoms with Crippen LogP contribution in [0.15, 0.2) is 47.1 Å². The van der Waals surface area contributed by atoms with E-state index in [1.807, 2.05) is 19.1 Å². The molecule has 2 aromatic rings. The maximum Gasteiger partial charge on any atom is 0.289 e. The SMILES string of the molecule is Cc1cccc(C(C)(C)CNC(=O)CN(C)C(=O)c2ccco2)c1. The Hall–Kier alpha value is -2.56. The van der Waals surface area contributed by atoms with Crippen LogP contribution in [0.3, 0.4) is 0 Å². The van der Waals surface area contributed by atoms with Gasteiger partial charge in [-0.1, -0.05) is 43.7 Å². The number of nitrogens with zero attached hydrogens (tertiary/aromatic N) is 1. The quantitative estimate of drug-likeness (QED) is 0.887. The number of furan rings is 1. The first kappa shape index (κ1) is 17.8. The van der Waals surface area contributed by atoms with Crippen LogP contribution in [-0.4, -0.2) is 36.9 Å². The molecule has 0 fully saturated rings. The number of aryl methyl sites for hydroxylation is 1. The predicted octanol–water partition coefficient (Wildman–Crippen LogP) is 2.75. The summed E-state index contributed by atoms with van der Waals surface area (Å²) in [7, 11) is 1.58. The molecule has 0 spiro atoms. The van der Waals surface area contributed by atoms with Crippen LogP contribution in [0.5, 0.6) is 0 Å². The van der Waals surface area contributed by atoms with Gasteiger partial charge in [0.2, 0.25) is 5.91 Å². The number of amides is 2. The van der Waals surface area contributed by atoms with Gasteiger partial charge in [0.1, 0.15) is 0 Å². The van der Waals surface area contributed by atoms with Crippen LogP contribution in [0.25, 0.3) is 0 Å². The summed E-state index contributed by atoms with van der Waals surface area (Å²) in [6.07, 6.45) is 1.44. The molecule has 0 atom stereocenters. The van der Waals surface area contributed by atoms with Crippen molar-refractivity contribution < 1.29 is 14.0 Å². The summed E-state index contributed by atoms with van der Waals surface area (Å²) in [5, 5.41) is 2.91. The molecule has 128 valence electrons. The van der Waals surface area contributed by atoms with Crippen LogP contribution in [0.4, 0.5) is 0 Å². The molecule has 0 saturated carbocycles. The Morgan fingerprint density at radius 2 is 1.96 bits per heavy atom. The summed E-state index contributed by atoms with van der Waals surface area (Å²) < 4.78 is 5.06. The summed E-state index contributed by atoms with van der Waals surface area (Å²) in [6.45, 7) is 6.70. The molecule has 1 aromatic carbocycles. The molecule has 1 N–H and O–H groups in total. The van der Waals surface area contributed by atoms with Crippen LogP contribution >= 0.6 is 0 Å². The van der Waals surface area contributed by atoms with Gasteiger partial charge in [-0.15, -0.1) is 0 Å². The average molecular weight is 328 g/mol. The molecule has 5 nitrogen and oxygen atoms in total. The van der Waals surface area contributed by atoms with E-state index in [9.17, 15) is 9.59 Å². The van der Waals surface area contributed by atoms with Crippen LogP contribution in [0.2, 0.25) is 0 Å². The van der Waals surface area contributed by atoms with Crippen molar-refractivity contribution in [2.75, 3.05) is 20.1 Å². The van der Waals surface area contributed by atoms with Crippen molar-refractivity contribution in [1.82, 2.24) is 10.2 Å². The standard InChI is InChI=1S/C19H24N2O3/c1-14-7-5-8-15(11-14)19(2,3)13-20-17(22)12-21(4)18(23)16-9-6-10-24-16/h5-11H,12-13H2,1-4H3,(H,20,22). The smallest absolute Gasteiger partial charge is 0.289 e. The van der Waals surface area contributed by atoms with Crippen molar-refractivity contribution in [3.8, 4) is 0 Å². The maximum atomic E-state index is 12.1. The van der Waals surface area contributed by atoms with Crippen LogP contribution in [-0.2, 0) is 10.2 Å². The van der Waals surface area contributed by atoms with Crippen LogP contribution in [0, 0.1) is 6.92 Å². The Bertz CT molecular complexity index is 705. The largest absolute Gasteiger partial charge is 0.459 e. The molecule has 0 aliphatic rings. The van der Waals surface area contributed by atoms with Crippen molar-refractivity contribution >= 4 is 11.8 Å². The molecule has 0 radical (unpaired) electrons. The fourth-order valence-corrected chi connectivity index (χ4v) is 2.42. The summed E-state index contributed by atoms with van der Waals surface area (Å²) in [6, 6.07) is 11.5. The lowest BCUT2D eigenvalue weighted by molar-refractivity contribution is -0.121. The number of carbonyl (C=O) groups is 2. The molecule has 1 aromatic heterocycles. The number of rotatable bonds is 6. The Morgan fingerprint density at radius 3 is 2.58 bits per heavy atom. The zero-order chi connectivity index (χ0) is 17.7. The minimum Gasteiger partial charge on any atom is -0.459 e. The van der Waals surface area contributed by atoms with E-state index >= 15 is 0 Å². The van der Waals surface area contributed by atoms with Crippen molar-refractivity contribution in [2.45, 2.75) is 26.2 Å². The predicted molar refractivity (Wildman–Crippen MR) is 92.9 cm³/mol. The van der Waals surface area contributed by atoms with Gasteiger partial charge >= 0.3 is 0 Å². The molecule has 24 heavy (non-hydrogen) atoms. The van der Waals surface area contributed by atoms with Crippen molar-refractivity contribution in [3.05, 3.63) is 59.5 Å². The van der Waals surface area contributed by atoms with Crippen molar-refractivity contribution in [1.29, 1.82) is 0 Å². The third-order valence-corrected chi connectivity index (χ3v) is 3.99. The Kier molecular flexibility index (Phi) is 5.44. The van der Waals surface area contributed by atoms with Gasteiger partial charge in [-0.2, -0.15) is 0 Å². The van der Waals surface area contributed by atoms with Gasteiger partial charge in [-0.25, -0.2) is 0 Å². The second kappa shape index (κ2) is 7.34. The summed E-state index contributed by atoms with van der Waals surface area (Å²) in [5.74, 6) is -0.281. The van der Waals surface area contributed by atoms with E-state index in [2.05, 4.69) is 31.3 Å².